The van der Waals surface area contributed by atoms with Gasteiger partial charge in [0.1, 0.15) is 5.75 Å². The molecule has 1 fully saturated rings. The molecule has 0 N–H and O–H groups in total. The second-order valence-corrected chi connectivity index (χ2v) is 7.27. The number of ketones is 1. The smallest absolute Gasteiger partial charge is 0.238 e. The Bertz CT molecular complexity index is 628. The number of benzene rings is 1. The fourth-order valence-electron chi connectivity index (χ4n) is 2.38. The van der Waals surface area contributed by atoms with Crippen LogP contribution in [0.25, 0.3) is 0 Å². The molecule has 1 amide bonds. The Hall–Kier alpha value is -1.69. The van der Waals surface area contributed by atoms with Gasteiger partial charge in [-0.15, -0.1) is 0 Å². The standard InChI is InChI=1S/C15H19NO4S/c1-12(17)13-5-7-14(8-6-13)21(19,20)11-15(18)16-9-3-2-4-10-16/h5-8H,2-4,9-11H2,1H3. The first kappa shape index (κ1) is 15.7. The van der Waals surface area contributed by atoms with Gasteiger partial charge in [0, 0.05) is 18.7 Å². The van der Waals surface area contributed by atoms with Crippen LogP contribution in [0.3, 0.4) is 0 Å². The van der Waals surface area contributed by atoms with E-state index in [0.717, 1.165) is 19.3 Å². The maximum atomic E-state index is 12.2. The van der Waals surface area contributed by atoms with Crippen molar-refractivity contribution in [3.63, 3.8) is 0 Å². The van der Waals surface area contributed by atoms with Crippen LogP contribution < -0.4 is 0 Å². The summed E-state index contributed by atoms with van der Waals surface area (Å²) in [6, 6.07) is 5.71. The van der Waals surface area contributed by atoms with E-state index in [2.05, 4.69) is 0 Å². The average Bonchev–Trinajstić information content (AvgIpc) is 2.48. The van der Waals surface area contributed by atoms with Gasteiger partial charge in [-0.1, -0.05) is 12.1 Å². The second-order valence-electron chi connectivity index (χ2n) is 5.28. The summed E-state index contributed by atoms with van der Waals surface area (Å²) < 4.78 is 24.5. The van der Waals surface area contributed by atoms with Crippen molar-refractivity contribution in [2.75, 3.05) is 18.8 Å². The van der Waals surface area contributed by atoms with Gasteiger partial charge in [0.25, 0.3) is 0 Å². The summed E-state index contributed by atoms with van der Waals surface area (Å²) in [5.41, 5.74) is 0.455. The van der Waals surface area contributed by atoms with Crippen LogP contribution >= 0.6 is 0 Å². The summed E-state index contributed by atoms with van der Waals surface area (Å²) in [6.45, 7) is 2.69. The minimum absolute atomic E-state index is 0.0814. The Morgan fingerprint density at radius 2 is 1.62 bits per heavy atom. The molecule has 1 aromatic rings. The minimum Gasteiger partial charge on any atom is -0.342 e. The van der Waals surface area contributed by atoms with Gasteiger partial charge in [-0.25, -0.2) is 8.42 Å². The maximum Gasteiger partial charge on any atom is 0.238 e. The van der Waals surface area contributed by atoms with Crippen molar-refractivity contribution < 1.29 is 18.0 Å². The van der Waals surface area contributed by atoms with E-state index in [1.165, 1.54) is 31.2 Å². The molecule has 0 unspecified atom stereocenters. The van der Waals surface area contributed by atoms with Gasteiger partial charge in [0.2, 0.25) is 5.91 Å². The molecule has 0 bridgehead atoms. The Morgan fingerprint density at radius 3 is 2.14 bits per heavy atom. The van der Waals surface area contributed by atoms with E-state index < -0.39 is 15.6 Å². The van der Waals surface area contributed by atoms with Crippen LogP contribution in [0.15, 0.2) is 29.2 Å². The quantitative estimate of drug-likeness (QED) is 0.793. The normalized spacial score (nSPS) is 15.8. The Morgan fingerprint density at radius 1 is 1.05 bits per heavy atom. The van der Waals surface area contributed by atoms with E-state index in [4.69, 9.17) is 0 Å². The Balaban J connectivity index is 2.10. The van der Waals surface area contributed by atoms with E-state index in [0.29, 0.717) is 18.7 Å². The van der Waals surface area contributed by atoms with Crippen molar-refractivity contribution >= 4 is 21.5 Å². The third-order valence-electron chi connectivity index (χ3n) is 3.64. The summed E-state index contributed by atoms with van der Waals surface area (Å²) >= 11 is 0. The van der Waals surface area contributed by atoms with Crippen LogP contribution in [0.1, 0.15) is 36.5 Å². The zero-order valence-corrected chi connectivity index (χ0v) is 12.9. The van der Waals surface area contributed by atoms with Gasteiger partial charge in [0.15, 0.2) is 15.6 Å². The lowest BCUT2D eigenvalue weighted by atomic mass is 10.1. The number of Topliss-reactive ketones (excluding diaryl/α,β-unsaturated/α-hetero) is 1. The number of nitrogens with zero attached hydrogens (tertiary/aromatic N) is 1. The predicted octanol–water partition coefficient (Wildman–Crippen LogP) is 1.68. The van der Waals surface area contributed by atoms with Gasteiger partial charge < -0.3 is 4.90 Å². The Kier molecular flexibility index (Phi) is 4.77. The number of piperidine rings is 1. The highest BCUT2D eigenvalue weighted by Crippen LogP contribution is 2.15. The second kappa shape index (κ2) is 6.39. The van der Waals surface area contributed by atoms with Gasteiger partial charge in [0.05, 0.1) is 4.90 Å². The zero-order chi connectivity index (χ0) is 15.5. The van der Waals surface area contributed by atoms with Crippen LogP contribution in [0.5, 0.6) is 0 Å². The van der Waals surface area contributed by atoms with Crippen molar-refractivity contribution in [3.8, 4) is 0 Å². The van der Waals surface area contributed by atoms with Crippen LogP contribution in [0.2, 0.25) is 0 Å². The zero-order valence-electron chi connectivity index (χ0n) is 12.0. The molecule has 0 spiro atoms. The fraction of sp³-hybridized carbons (Fsp3) is 0.467. The molecule has 0 atom stereocenters. The number of hydrogen-bond acceptors (Lipinski definition) is 4. The fourth-order valence-corrected chi connectivity index (χ4v) is 3.60. The molecule has 1 aliphatic heterocycles. The minimum atomic E-state index is -3.65. The predicted molar refractivity (Wildman–Crippen MR) is 78.9 cm³/mol. The molecule has 0 aromatic heterocycles. The number of carbonyl (C=O) groups excluding carboxylic acids is 2. The van der Waals surface area contributed by atoms with E-state index in [-0.39, 0.29) is 16.6 Å². The van der Waals surface area contributed by atoms with Crippen molar-refractivity contribution in [1.82, 2.24) is 4.90 Å². The lowest BCUT2D eigenvalue weighted by Gasteiger charge is -2.26. The SMILES string of the molecule is CC(=O)c1ccc(S(=O)(=O)CC(=O)N2CCCCC2)cc1. The largest absolute Gasteiger partial charge is 0.342 e. The molecule has 1 heterocycles. The molecule has 1 aromatic carbocycles. The van der Waals surface area contributed by atoms with Crippen LogP contribution in [-0.2, 0) is 14.6 Å². The van der Waals surface area contributed by atoms with Crippen LogP contribution in [0, 0.1) is 0 Å². The first-order valence-electron chi connectivity index (χ1n) is 7.02. The van der Waals surface area contributed by atoms with Gasteiger partial charge in [-0.3, -0.25) is 9.59 Å². The third-order valence-corrected chi connectivity index (χ3v) is 5.26. The number of hydrogen-bond donors (Lipinski definition) is 0. The van der Waals surface area contributed by atoms with E-state index in [1.807, 2.05) is 0 Å². The summed E-state index contributed by atoms with van der Waals surface area (Å²) in [6.07, 6.45) is 2.95. The van der Waals surface area contributed by atoms with Crippen molar-refractivity contribution in [2.45, 2.75) is 31.1 Å². The number of sulfone groups is 1. The summed E-state index contributed by atoms with van der Waals surface area (Å²) in [4.78, 5) is 24.9. The van der Waals surface area contributed by atoms with Gasteiger partial charge in [-0.05, 0) is 38.3 Å². The number of carbonyl (C=O) groups is 2. The topological polar surface area (TPSA) is 71.5 Å². The molecule has 6 heteroatoms. The molecule has 5 nitrogen and oxygen atoms in total. The molecule has 114 valence electrons. The maximum absolute atomic E-state index is 12.2. The molecular formula is C15H19NO4S. The summed E-state index contributed by atoms with van der Waals surface area (Å²) in [5.74, 6) is -0.972. The number of amides is 1. The molecule has 0 saturated carbocycles. The molecule has 0 radical (unpaired) electrons. The molecule has 1 aliphatic rings. The molecular weight excluding hydrogens is 290 g/mol. The van der Waals surface area contributed by atoms with E-state index in [9.17, 15) is 18.0 Å². The van der Waals surface area contributed by atoms with Gasteiger partial charge in [-0.2, -0.15) is 0 Å². The first-order chi connectivity index (χ1) is 9.90. The van der Waals surface area contributed by atoms with Crippen LogP contribution in [0.4, 0.5) is 0 Å². The highest BCUT2D eigenvalue weighted by Gasteiger charge is 2.24. The monoisotopic (exact) mass is 309 g/mol. The van der Waals surface area contributed by atoms with Crippen molar-refractivity contribution in [1.29, 1.82) is 0 Å². The average molecular weight is 309 g/mol. The van der Waals surface area contributed by atoms with E-state index >= 15 is 0 Å². The third kappa shape index (κ3) is 3.91. The molecule has 2 rings (SSSR count). The molecule has 1 saturated heterocycles. The van der Waals surface area contributed by atoms with Crippen molar-refractivity contribution in [2.24, 2.45) is 0 Å². The number of likely N-dealkylation sites (tertiary alicyclic amines) is 1. The van der Waals surface area contributed by atoms with Gasteiger partial charge >= 0.3 is 0 Å². The lowest BCUT2D eigenvalue weighted by molar-refractivity contribution is -0.129. The lowest BCUT2D eigenvalue weighted by Crippen LogP contribution is -2.39. The Labute approximate surface area is 124 Å². The highest BCUT2D eigenvalue weighted by atomic mass is 32.2. The first-order valence-corrected chi connectivity index (χ1v) is 8.67. The van der Waals surface area contributed by atoms with Crippen molar-refractivity contribution in [3.05, 3.63) is 29.8 Å². The molecule has 21 heavy (non-hydrogen) atoms. The highest BCUT2D eigenvalue weighted by molar-refractivity contribution is 7.92. The van der Waals surface area contributed by atoms with E-state index in [1.54, 1.807) is 4.90 Å². The summed E-state index contributed by atoms with van der Waals surface area (Å²) in [7, 11) is -3.65. The summed E-state index contributed by atoms with van der Waals surface area (Å²) in [5, 5.41) is 0. The molecule has 0 aliphatic carbocycles. The van der Waals surface area contributed by atoms with Crippen LogP contribution in [-0.4, -0.2) is 43.9 Å². The number of rotatable bonds is 4.